The van der Waals surface area contributed by atoms with Crippen LogP contribution in [0.3, 0.4) is 0 Å². The van der Waals surface area contributed by atoms with Gasteiger partial charge in [-0.3, -0.25) is 9.59 Å². The van der Waals surface area contributed by atoms with E-state index in [1.165, 1.54) is 0 Å². The van der Waals surface area contributed by atoms with Crippen molar-refractivity contribution in [2.75, 3.05) is 46.2 Å². The molecule has 0 saturated heterocycles. The van der Waals surface area contributed by atoms with E-state index in [0.717, 1.165) is 12.1 Å². The Bertz CT molecular complexity index is 620. The van der Waals surface area contributed by atoms with Crippen molar-refractivity contribution in [3.05, 3.63) is 11.9 Å². The zero-order valence-electron chi connectivity index (χ0n) is 19.5. The van der Waals surface area contributed by atoms with E-state index in [1.807, 2.05) is 33.9 Å². The monoisotopic (exact) mass is 441 g/mol. The number of hydrogen-bond acceptors (Lipinski definition) is 8. The molecule has 1 aromatic heterocycles. The lowest BCUT2D eigenvalue weighted by Gasteiger charge is -2.08. The van der Waals surface area contributed by atoms with Crippen molar-refractivity contribution in [1.29, 1.82) is 0 Å². The number of hydrogen-bond donors (Lipinski definition) is 0. The summed E-state index contributed by atoms with van der Waals surface area (Å²) in [5, 5.41) is 8.09. The lowest BCUT2D eigenvalue weighted by Crippen LogP contribution is -2.14. The molecule has 31 heavy (non-hydrogen) atoms. The van der Waals surface area contributed by atoms with Crippen molar-refractivity contribution in [3.8, 4) is 0 Å². The van der Waals surface area contributed by atoms with Crippen molar-refractivity contribution >= 4 is 11.6 Å². The number of carbonyl (C=O) groups is 2. The number of carbonyl (C=O) groups excluding carboxylic acids is 2. The molecule has 0 aliphatic carbocycles. The number of aromatic nitrogens is 3. The fourth-order valence-corrected chi connectivity index (χ4v) is 2.50. The summed E-state index contributed by atoms with van der Waals surface area (Å²) in [6.45, 7) is 11.9. The van der Waals surface area contributed by atoms with Crippen molar-refractivity contribution in [2.45, 2.75) is 60.1 Å². The second kappa shape index (κ2) is 16.9. The third kappa shape index (κ3) is 13.4. The molecule has 9 heteroatoms. The van der Waals surface area contributed by atoms with Crippen LogP contribution in [0.1, 0.15) is 52.7 Å². The van der Waals surface area contributed by atoms with Crippen LogP contribution in [0.25, 0.3) is 0 Å². The Morgan fingerprint density at radius 2 is 1.45 bits per heavy atom. The van der Waals surface area contributed by atoms with E-state index in [4.69, 9.17) is 18.9 Å². The van der Waals surface area contributed by atoms with Gasteiger partial charge in [0.1, 0.15) is 17.3 Å². The SMILES string of the molecule is CCC(C)C(=O)CCOCCOCCOCc1cn(CCOCCC(=O)C(C)C)nn1. The van der Waals surface area contributed by atoms with Gasteiger partial charge in [0.2, 0.25) is 0 Å². The average Bonchev–Trinajstić information content (AvgIpc) is 3.21. The number of Topliss-reactive ketones (excluding diaryl/α,β-unsaturated/α-hetero) is 2. The number of ketones is 2. The van der Waals surface area contributed by atoms with Gasteiger partial charge in [-0.15, -0.1) is 5.10 Å². The van der Waals surface area contributed by atoms with Gasteiger partial charge in [0.25, 0.3) is 0 Å². The molecule has 1 heterocycles. The second-order valence-corrected chi connectivity index (χ2v) is 7.76. The van der Waals surface area contributed by atoms with Crippen molar-refractivity contribution in [1.82, 2.24) is 15.0 Å². The molecule has 0 amide bonds. The highest BCUT2D eigenvalue weighted by Gasteiger charge is 2.09. The molecule has 0 fully saturated rings. The molecular formula is C22H39N3O6. The maximum absolute atomic E-state index is 11.7. The van der Waals surface area contributed by atoms with Gasteiger partial charge >= 0.3 is 0 Å². The van der Waals surface area contributed by atoms with Gasteiger partial charge in [-0.05, 0) is 6.42 Å². The molecule has 0 aliphatic heterocycles. The second-order valence-electron chi connectivity index (χ2n) is 7.76. The molecular weight excluding hydrogens is 402 g/mol. The molecule has 178 valence electrons. The molecule has 0 N–H and O–H groups in total. The fraction of sp³-hybridized carbons (Fsp3) is 0.818. The van der Waals surface area contributed by atoms with Gasteiger partial charge in [-0.25, -0.2) is 4.68 Å². The molecule has 0 bridgehead atoms. The minimum absolute atomic E-state index is 0.0523. The Kier molecular flexibility index (Phi) is 15.0. The van der Waals surface area contributed by atoms with Crippen LogP contribution in [-0.4, -0.2) is 72.8 Å². The molecule has 1 atom stereocenters. The maximum Gasteiger partial charge on any atom is 0.137 e. The van der Waals surface area contributed by atoms with Crippen LogP contribution in [0, 0.1) is 11.8 Å². The van der Waals surface area contributed by atoms with Gasteiger partial charge in [-0.1, -0.05) is 32.9 Å². The maximum atomic E-state index is 11.7. The highest BCUT2D eigenvalue weighted by molar-refractivity contribution is 5.80. The van der Waals surface area contributed by atoms with E-state index in [0.29, 0.717) is 72.2 Å². The lowest BCUT2D eigenvalue weighted by atomic mass is 10.0. The van der Waals surface area contributed by atoms with E-state index >= 15 is 0 Å². The van der Waals surface area contributed by atoms with E-state index < -0.39 is 0 Å². The molecule has 9 nitrogen and oxygen atoms in total. The largest absolute Gasteiger partial charge is 0.379 e. The first kappa shape index (κ1) is 27.4. The van der Waals surface area contributed by atoms with Crippen LogP contribution in [0.15, 0.2) is 6.20 Å². The minimum Gasteiger partial charge on any atom is -0.379 e. The van der Waals surface area contributed by atoms with Crippen LogP contribution in [0.5, 0.6) is 0 Å². The number of rotatable bonds is 20. The Morgan fingerprint density at radius 1 is 0.871 bits per heavy atom. The van der Waals surface area contributed by atoms with E-state index in [1.54, 1.807) is 4.68 Å². The third-order valence-electron chi connectivity index (χ3n) is 4.84. The van der Waals surface area contributed by atoms with Crippen LogP contribution < -0.4 is 0 Å². The smallest absolute Gasteiger partial charge is 0.137 e. The summed E-state index contributed by atoms with van der Waals surface area (Å²) < 4.78 is 23.6. The summed E-state index contributed by atoms with van der Waals surface area (Å²) in [6.07, 6.45) is 3.59. The summed E-state index contributed by atoms with van der Waals surface area (Å²) >= 11 is 0. The first-order chi connectivity index (χ1) is 14.9. The fourth-order valence-electron chi connectivity index (χ4n) is 2.50. The van der Waals surface area contributed by atoms with Gasteiger partial charge < -0.3 is 18.9 Å². The summed E-state index contributed by atoms with van der Waals surface area (Å²) in [5.41, 5.74) is 0.740. The van der Waals surface area contributed by atoms with Crippen LogP contribution in [0.4, 0.5) is 0 Å². The first-order valence-corrected chi connectivity index (χ1v) is 11.2. The summed E-state index contributed by atoms with van der Waals surface area (Å²) in [7, 11) is 0. The third-order valence-corrected chi connectivity index (χ3v) is 4.84. The normalized spacial score (nSPS) is 12.4. The van der Waals surface area contributed by atoms with Gasteiger partial charge in [0.15, 0.2) is 0 Å². The molecule has 1 aromatic rings. The van der Waals surface area contributed by atoms with Crippen LogP contribution in [-0.2, 0) is 41.7 Å². The average molecular weight is 442 g/mol. The topological polar surface area (TPSA) is 102 Å². The van der Waals surface area contributed by atoms with Crippen molar-refractivity contribution < 1.29 is 28.5 Å². The Morgan fingerprint density at radius 3 is 2.10 bits per heavy atom. The lowest BCUT2D eigenvalue weighted by molar-refractivity contribution is -0.124. The number of ether oxygens (including phenoxy) is 4. The molecule has 1 unspecified atom stereocenters. The molecule has 0 spiro atoms. The van der Waals surface area contributed by atoms with E-state index in [9.17, 15) is 9.59 Å². The quantitative estimate of drug-likeness (QED) is 0.284. The van der Waals surface area contributed by atoms with Gasteiger partial charge in [-0.2, -0.15) is 0 Å². The summed E-state index contributed by atoms with van der Waals surface area (Å²) in [6, 6.07) is 0. The van der Waals surface area contributed by atoms with Crippen LogP contribution in [0.2, 0.25) is 0 Å². The van der Waals surface area contributed by atoms with Gasteiger partial charge in [0, 0.05) is 24.7 Å². The standard InChI is InChI=1S/C22H39N3O6/c1-5-19(4)22(27)7-10-29-12-13-30-14-15-31-17-20-16-25(24-23-20)8-11-28-9-6-21(26)18(2)3/h16,18-19H,5-15,17H2,1-4H3. The zero-order chi connectivity index (χ0) is 22.9. The Balaban J connectivity index is 1.95. The van der Waals surface area contributed by atoms with Crippen LogP contribution >= 0.6 is 0 Å². The highest BCUT2D eigenvalue weighted by atomic mass is 16.5. The molecule has 0 aliphatic rings. The van der Waals surface area contributed by atoms with Crippen molar-refractivity contribution in [2.24, 2.45) is 11.8 Å². The molecule has 1 rings (SSSR count). The highest BCUT2D eigenvalue weighted by Crippen LogP contribution is 2.05. The number of nitrogens with zero attached hydrogens (tertiary/aromatic N) is 3. The molecule has 0 radical (unpaired) electrons. The predicted molar refractivity (Wildman–Crippen MR) is 116 cm³/mol. The minimum atomic E-state index is 0.0523. The van der Waals surface area contributed by atoms with E-state index in [-0.39, 0.29) is 23.4 Å². The van der Waals surface area contributed by atoms with Crippen molar-refractivity contribution in [3.63, 3.8) is 0 Å². The summed E-state index contributed by atoms with van der Waals surface area (Å²) in [4.78, 5) is 23.2. The zero-order valence-corrected chi connectivity index (χ0v) is 19.5. The predicted octanol–water partition coefficient (Wildman–Crippen LogP) is 2.46. The molecule has 0 saturated carbocycles. The Hall–Kier alpha value is -1.68. The van der Waals surface area contributed by atoms with Gasteiger partial charge in [0.05, 0.1) is 65.6 Å². The summed E-state index contributed by atoms with van der Waals surface area (Å²) in [5.74, 6) is 0.625. The Labute approximate surface area is 185 Å². The first-order valence-electron chi connectivity index (χ1n) is 11.2. The molecule has 0 aromatic carbocycles. The van der Waals surface area contributed by atoms with E-state index in [2.05, 4.69) is 10.3 Å².